The molecule has 0 saturated carbocycles. The molecule has 1 aromatic carbocycles. The molecule has 6 nitrogen and oxygen atoms in total. The van der Waals surface area contributed by atoms with Crippen LogP contribution in [-0.2, 0) is 4.74 Å². The van der Waals surface area contributed by atoms with Crippen molar-refractivity contribution in [2.24, 2.45) is 0 Å². The molecule has 20 heavy (non-hydrogen) atoms. The number of benzene rings is 1. The number of fused-ring (bicyclic) bond motifs is 3. The summed E-state index contributed by atoms with van der Waals surface area (Å²) < 4.78 is 10.0. The zero-order valence-electron chi connectivity index (χ0n) is 10.7. The normalized spacial score (nSPS) is 11.1. The van der Waals surface area contributed by atoms with Crippen molar-refractivity contribution in [3.63, 3.8) is 0 Å². The third kappa shape index (κ3) is 1.73. The number of esters is 1. The molecule has 0 saturated heterocycles. The molecular weight excluding hydrogens is 260 g/mol. The predicted octanol–water partition coefficient (Wildman–Crippen LogP) is 2.03. The van der Waals surface area contributed by atoms with E-state index in [4.69, 9.17) is 14.9 Å². The molecule has 0 bridgehead atoms. The highest BCUT2D eigenvalue weighted by molar-refractivity contribution is 6.15. The summed E-state index contributed by atoms with van der Waals surface area (Å²) in [6, 6.07) is 6.31. The summed E-state index contributed by atoms with van der Waals surface area (Å²) in [5.74, 6) is -0.508. The standard InChI is InChI=1S/C14H12N2O4/c1-2-19-14(18)13-12(15)11-7-3-6-10(17)20-9(7)5-4-8(11)16-13/h3-6,16H,2,15H2,1H3. The van der Waals surface area contributed by atoms with Gasteiger partial charge in [-0.25, -0.2) is 9.59 Å². The van der Waals surface area contributed by atoms with Crippen LogP contribution in [0, 0.1) is 0 Å². The van der Waals surface area contributed by atoms with Crippen LogP contribution in [0.1, 0.15) is 17.4 Å². The molecular formula is C14H12N2O4. The number of anilines is 1. The van der Waals surface area contributed by atoms with Crippen LogP contribution in [0.25, 0.3) is 21.9 Å². The van der Waals surface area contributed by atoms with Crippen molar-refractivity contribution in [2.75, 3.05) is 12.3 Å². The number of carbonyl (C=O) groups is 1. The van der Waals surface area contributed by atoms with Crippen LogP contribution in [0.5, 0.6) is 0 Å². The second kappa shape index (κ2) is 4.41. The largest absolute Gasteiger partial charge is 0.461 e. The first kappa shape index (κ1) is 12.3. The monoisotopic (exact) mass is 272 g/mol. The van der Waals surface area contributed by atoms with Crippen molar-refractivity contribution in [1.29, 1.82) is 0 Å². The Labute approximate surface area is 113 Å². The number of aromatic nitrogens is 1. The van der Waals surface area contributed by atoms with Gasteiger partial charge in [0.1, 0.15) is 11.3 Å². The highest BCUT2D eigenvalue weighted by atomic mass is 16.5. The number of aromatic amines is 1. The number of rotatable bonds is 2. The molecule has 3 rings (SSSR count). The minimum absolute atomic E-state index is 0.209. The molecule has 6 heteroatoms. The van der Waals surface area contributed by atoms with Gasteiger partial charge in [-0.05, 0) is 25.1 Å². The number of hydrogen-bond donors (Lipinski definition) is 2. The van der Waals surface area contributed by atoms with E-state index in [0.29, 0.717) is 21.9 Å². The Morgan fingerprint density at radius 2 is 2.15 bits per heavy atom. The third-order valence-electron chi connectivity index (χ3n) is 3.08. The lowest BCUT2D eigenvalue weighted by Gasteiger charge is -2.00. The maximum atomic E-state index is 11.8. The average Bonchev–Trinajstić information content (AvgIpc) is 2.76. The van der Waals surface area contributed by atoms with Crippen LogP contribution >= 0.6 is 0 Å². The summed E-state index contributed by atoms with van der Waals surface area (Å²) >= 11 is 0. The first-order valence-electron chi connectivity index (χ1n) is 6.13. The van der Waals surface area contributed by atoms with Crippen molar-refractivity contribution in [2.45, 2.75) is 6.92 Å². The van der Waals surface area contributed by atoms with Gasteiger partial charge in [-0.1, -0.05) is 0 Å². The number of nitrogens with one attached hydrogen (secondary N) is 1. The van der Waals surface area contributed by atoms with Gasteiger partial charge in [0.05, 0.1) is 12.3 Å². The van der Waals surface area contributed by atoms with Crippen molar-refractivity contribution < 1.29 is 13.9 Å². The van der Waals surface area contributed by atoms with Gasteiger partial charge in [0, 0.05) is 22.4 Å². The minimum atomic E-state index is -0.508. The van der Waals surface area contributed by atoms with E-state index in [0.717, 1.165) is 0 Å². The van der Waals surface area contributed by atoms with Gasteiger partial charge in [0.2, 0.25) is 0 Å². The Kier molecular flexibility index (Phi) is 2.71. The highest BCUT2D eigenvalue weighted by Gasteiger charge is 2.18. The Bertz CT molecular complexity index is 876. The van der Waals surface area contributed by atoms with Crippen LogP contribution in [0.2, 0.25) is 0 Å². The Hall–Kier alpha value is -2.76. The van der Waals surface area contributed by atoms with E-state index in [1.807, 2.05) is 0 Å². The smallest absolute Gasteiger partial charge is 0.356 e. The van der Waals surface area contributed by atoms with E-state index in [1.165, 1.54) is 6.07 Å². The minimum Gasteiger partial charge on any atom is -0.461 e. The van der Waals surface area contributed by atoms with Crippen LogP contribution < -0.4 is 11.4 Å². The molecule has 0 aliphatic heterocycles. The van der Waals surface area contributed by atoms with Crippen LogP contribution in [0.15, 0.2) is 33.5 Å². The van der Waals surface area contributed by atoms with Crippen LogP contribution in [0.3, 0.4) is 0 Å². The SMILES string of the molecule is CCOC(=O)c1[nH]c2ccc3oc(=O)ccc3c2c1N. The number of hydrogen-bond acceptors (Lipinski definition) is 5. The Morgan fingerprint density at radius 1 is 1.35 bits per heavy atom. The maximum absolute atomic E-state index is 11.8. The molecule has 2 heterocycles. The van der Waals surface area contributed by atoms with Gasteiger partial charge in [0.25, 0.3) is 0 Å². The number of ether oxygens (including phenoxy) is 1. The van der Waals surface area contributed by atoms with Gasteiger partial charge < -0.3 is 19.9 Å². The summed E-state index contributed by atoms with van der Waals surface area (Å²) in [6.45, 7) is 1.99. The molecule has 0 aliphatic rings. The Balaban J connectivity index is 2.34. The first-order valence-corrected chi connectivity index (χ1v) is 6.13. The number of carbonyl (C=O) groups excluding carboxylic acids is 1. The van der Waals surface area contributed by atoms with Gasteiger partial charge in [-0.2, -0.15) is 0 Å². The molecule has 0 unspecified atom stereocenters. The second-order valence-electron chi connectivity index (χ2n) is 4.29. The molecule has 0 radical (unpaired) electrons. The van der Waals surface area contributed by atoms with Crippen LogP contribution in [0.4, 0.5) is 5.69 Å². The maximum Gasteiger partial charge on any atom is 0.356 e. The molecule has 102 valence electrons. The van der Waals surface area contributed by atoms with E-state index in [9.17, 15) is 9.59 Å². The third-order valence-corrected chi connectivity index (χ3v) is 3.08. The summed E-state index contributed by atoms with van der Waals surface area (Å²) in [4.78, 5) is 26.0. The Morgan fingerprint density at radius 3 is 2.90 bits per heavy atom. The fraction of sp³-hybridized carbons (Fsp3) is 0.143. The van der Waals surface area contributed by atoms with E-state index < -0.39 is 11.6 Å². The van der Waals surface area contributed by atoms with Crippen molar-refractivity contribution in [3.05, 3.63) is 40.4 Å². The lowest BCUT2D eigenvalue weighted by atomic mass is 10.1. The van der Waals surface area contributed by atoms with Crippen molar-refractivity contribution in [1.82, 2.24) is 4.98 Å². The second-order valence-corrected chi connectivity index (χ2v) is 4.29. The molecule has 3 aromatic rings. The quantitative estimate of drug-likeness (QED) is 0.549. The summed E-state index contributed by atoms with van der Waals surface area (Å²) in [5, 5.41) is 1.32. The molecule has 2 aromatic heterocycles. The zero-order valence-corrected chi connectivity index (χ0v) is 10.7. The van der Waals surface area contributed by atoms with Crippen molar-refractivity contribution in [3.8, 4) is 0 Å². The predicted molar refractivity (Wildman–Crippen MR) is 74.7 cm³/mol. The summed E-state index contributed by atoms with van der Waals surface area (Å²) in [6.07, 6.45) is 0. The lowest BCUT2D eigenvalue weighted by Crippen LogP contribution is -2.07. The topological polar surface area (TPSA) is 98.3 Å². The fourth-order valence-corrected chi connectivity index (χ4v) is 2.23. The molecule has 0 aliphatic carbocycles. The van der Waals surface area contributed by atoms with E-state index >= 15 is 0 Å². The number of H-pyrrole nitrogens is 1. The first-order chi connectivity index (χ1) is 9.61. The average molecular weight is 272 g/mol. The van der Waals surface area contributed by atoms with Crippen molar-refractivity contribution >= 4 is 33.5 Å². The van der Waals surface area contributed by atoms with Gasteiger partial charge in [0.15, 0.2) is 0 Å². The van der Waals surface area contributed by atoms with E-state index in [-0.39, 0.29) is 18.0 Å². The number of nitrogens with two attached hydrogens (primary N) is 1. The highest BCUT2D eigenvalue weighted by Crippen LogP contribution is 2.31. The van der Waals surface area contributed by atoms with E-state index in [1.54, 1.807) is 25.1 Å². The molecule has 0 spiro atoms. The zero-order chi connectivity index (χ0) is 14.3. The lowest BCUT2D eigenvalue weighted by molar-refractivity contribution is 0.0522. The molecule has 3 N–H and O–H groups in total. The van der Waals surface area contributed by atoms with E-state index in [2.05, 4.69) is 4.98 Å². The molecule has 0 atom stereocenters. The number of nitrogen functional groups attached to an aromatic ring is 1. The van der Waals surface area contributed by atoms with Gasteiger partial charge >= 0.3 is 11.6 Å². The molecule has 0 fully saturated rings. The fourth-order valence-electron chi connectivity index (χ4n) is 2.23. The molecule has 0 amide bonds. The van der Waals surface area contributed by atoms with Gasteiger partial charge in [-0.3, -0.25) is 0 Å². The summed E-state index contributed by atoms with van der Waals surface area (Å²) in [5.41, 5.74) is 7.20. The van der Waals surface area contributed by atoms with Gasteiger partial charge in [-0.15, -0.1) is 0 Å². The van der Waals surface area contributed by atoms with Crippen LogP contribution in [-0.4, -0.2) is 17.6 Å². The summed E-state index contributed by atoms with van der Waals surface area (Å²) in [7, 11) is 0.